The van der Waals surface area contributed by atoms with E-state index in [-0.39, 0.29) is 12.2 Å². The molecular weight excluding hydrogens is 327 g/mol. The van der Waals surface area contributed by atoms with E-state index in [4.69, 9.17) is 11.6 Å². The number of nitrogens with zero attached hydrogens (tertiary/aromatic N) is 4. The first-order chi connectivity index (χ1) is 10.3. The molecule has 0 aliphatic carbocycles. The molecular formula is C11H9ClF3N5O2. The van der Waals surface area contributed by atoms with Crippen LogP contribution in [0.3, 0.4) is 0 Å². The monoisotopic (exact) mass is 335 g/mol. The third kappa shape index (κ3) is 3.64. The number of hydrogen-bond donors (Lipinski definition) is 1. The number of hydrogen-bond acceptors (Lipinski definition) is 5. The highest BCUT2D eigenvalue weighted by atomic mass is 35.5. The SMILES string of the molecule is O=[N+]([O-])c1cc(C(F)(F)F)c(Cl)cc1NCCn1ccnn1. The average Bonchev–Trinajstić information content (AvgIpc) is 2.90. The van der Waals surface area contributed by atoms with Crippen LogP contribution in [-0.2, 0) is 12.7 Å². The molecule has 11 heteroatoms. The first-order valence-electron chi connectivity index (χ1n) is 5.92. The number of anilines is 1. The molecule has 0 saturated carbocycles. The van der Waals surface area contributed by atoms with Crippen LogP contribution in [0.25, 0.3) is 0 Å². The lowest BCUT2D eigenvalue weighted by Crippen LogP contribution is -2.13. The van der Waals surface area contributed by atoms with Crippen molar-refractivity contribution in [2.24, 2.45) is 0 Å². The van der Waals surface area contributed by atoms with Gasteiger partial charge in [-0.25, -0.2) is 0 Å². The fourth-order valence-corrected chi connectivity index (χ4v) is 2.00. The predicted octanol–water partition coefficient (Wildman–Crippen LogP) is 2.97. The molecule has 0 amide bonds. The van der Waals surface area contributed by atoms with Crippen molar-refractivity contribution in [2.45, 2.75) is 12.7 Å². The molecule has 0 fully saturated rings. The molecule has 1 N–H and O–H groups in total. The zero-order valence-corrected chi connectivity index (χ0v) is 11.6. The van der Waals surface area contributed by atoms with Crippen LogP contribution in [0.1, 0.15) is 5.56 Å². The van der Waals surface area contributed by atoms with Gasteiger partial charge in [0.2, 0.25) is 0 Å². The summed E-state index contributed by atoms with van der Waals surface area (Å²) in [6.45, 7) is 0.529. The Balaban J connectivity index is 2.22. The summed E-state index contributed by atoms with van der Waals surface area (Å²) in [5.41, 5.74) is -2.04. The quantitative estimate of drug-likeness (QED) is 0.670. The summed E-state index contributed by atoms with van der Waals surface area (Å²) in [5.74, 6) is 0. The number of nitro groups is 1. The van der Waals surface area contributed by atoms with Crippen LogP contribution in [0, 0.1) is 10.1 Å². The zero-order valence-electron chi connectivity index (χ0n) is 10.8. The van der Waals surface area contributed by atoms with Gasteiger partial charge in [0.05, 0.1) is 28.3 Å². The Morgan fingerprint density at radius 2 is 2.14 bits per heavy atom. The summed E-state index contributed by atoms with van der Waals surface area (Å²) >= 11 is 5.56. The Morgan fingerprint density at radius 3 is 2.68 bits per heavy atom. The second-order valence-corrected chi connectivity index (χ2v) is 4.60. The fourth-order valence-electron chi connectivity index (χ4n) is 1.73. The molecule has 1 aromatic carbocycles. The van der Waals surface area contributed by atoms with Crippen molar-refractivity contribution in [3.8, 4) is 0 Å². The first kappa shape index (κ1) is 16.0. The lowest BCUT2D eigenvalue weighted by molar-refractivity contribution is -0.384. The number of benzene rings is 1. The Hall–Kier alpha value is -2.36. The Morgan fingerprint density at radius 1 is 1.41 bits per heavy atom. The van der Waals surface area contributed by atoms with Crippen LogP contribution in [-0.4, -0.2) is 26.5 Å². The number of nitrogens with one attached hydrogen (secondary N) is 1. The van der Waals surface area contributed by atoms with E-state index in [1.165, 1.54) is 10.9 Å². The minimum atomic E-state index is -4.76. The second kappa shape index (κ2) is 6.18. The summed E-state index contributed by atoms with van der Waals surface area (Å²) in [6.07, 6.45) is -1.73. The van der Waals surface area contributed by atoms with Crippen LogP contribution in [0.5, 0.6) is 0 Å². The van der Waals surface area contributed by atoms with Gasteiger partial charge in [-0.15, -0.1) is 5.10 Å². The van der Waals surface area contributed by atoms with Gasteiger partial charge in [-0.05, 0) is 6.07 Å². The van der Waals surface area contributed by atoms with Gasteiger partial charge in [0.25, 0.3) is 5.69 Å². The molecule has 0 radical (unpaired) electrons. The van der Waals surface area contributed by atoms with Crippen LogP contribution in [0.2, 0.25) is 5.02 Å². The first-order valence-corrected chi connectivity index (χ1v) is 6.30. The van der Waals surface area contributed by atoms with Crippen molar-refractivity contribution in [1.29, 1.82) is 0 Å². The number of aromatic nitrogens is 3. The molecule has 0 bridgehead atoms. The van der Waals surface area contributed by atoms with Crippen molar-refractivity contribution in [3.05, 3.63) is 45.2 Å². The summed E-state index contributed by atoms with van der Waals surface area (Å²) in [4.78, 5) is 10.0. The van der Waals surface area contributed by atoms with E-state index in [1.807, 2.05) is 0 Å². The Kier molecular flexibility index (Phi) is 4.50. The van der Waals surface area contributed by atoms with Gasteiger partial charge in [-0.2, -0.15) is 13.2 Å². The summed E-state index contributed by atoms with van der Waals surface area (Å²) in [7, 11) is 0. The maximum Gasteiger partial charge on any atom is 0.418 e. The molecule has 0 spiro atoms. The largest absolute Gasteiger partial charge is 0.418 e. The van der Waals surface area contributed by atoms with Crippen molar-refractivity contribution < 1.29 is 18.1 Å². The van der Waals surface area contributed by atoms with Crippen molar-refractivity contribution in [2.75, 3.05) is 11.9 Å². The molecule has 2 aromatic rings. The number of halogens is 4. The summed E-state index contributed by atoms with van der Waals surface area (Å²) in [6, 6.07) is 1.31. The van der Waals surface area contributed by atoms with Crippen LogP contribution in [0.4, 0.5) is 24.5 Å². The van der Waals surface area contributed by atoms with E-state index < -0.39 is 27.4 Å². The summed E-state index contributed by atoms with van der Waals surface area (Å²) < 4.78 is 39.6. The molecule has 0 saturated heterocycles. The number of rotatable bonds is 5. The molecule has 0 aliphatic rings. The molecule has 1 heterocycles. The Bertz CT molecular complexity index is 675. The van der Waals surface area contributed by atoms with Crippen molar-refractivity contribution >= 4 is 23.0 Å². The second-order valence-electron chi connectivity index (χ2n) is 4.20. The van der Waals surface area contributed by atoms with Gasteiger partial charge in [0.1, 0.15) is 5.69 Å². The molecule has 118 valence electrons. The van der Waals surface area contributed by atoms with E-state index in [2.05, 4.69) is 15.6 Å². The van der Waals surface area contributed by atoms with Gasteiger partial charge in [-0.1, -0.05) is 16.8 Å². The maximum atomic E-state index is 12.7. The van der Waals surface area contributed by atoms with E-state index in [9.17, 15) is 23.3 Å². The van der Waals surface area contributed by atoms with E-state index in [0.717, 1.165) is 6.07 Å². The topological polar surface area (TPSA) is 85.9 Å². The normalized spacial score (nSPS) is 11.5. The summed E-state index contributed by atoms with van der Waals surface area (Å²) in [5, 5.41) is 20.3. The minimum Gasteiger partial charge on any atom is -0.378 e. The Labute approximate surface area is 126 Å². The standard InChI is InChI=1S/C11H9ClF3N5O2/c12-8-6-9(16-1-3-19-4-2-17-18-19)10(20(21)22)5-7(8)11(13,14)15/h2,4-6,16H,1,3H2. The van der Waals surface area contributed by atoms with Crippen molar-refractivity contribution in [3.63, 3.8) is 0 Å². The average molecular weight is 336 g/mol. The molecule has 22 heavy (non-hydrogen) atoms. The highest BCUT2D eigenvalue weighted by Gasteiger charge is 2.36. The molecule has 7 nitrogen and oxygen atoms in total. The fraction of sp³-hybridized carbons (Fsp3) is 0.273. The van der Waals surface area contributed by atoms with Gasteiger partial charge in [0.15, 0.2) is 0 Å². The van der Waals surface area contributed by atoms with Crippen LogP contribution >= 0.6 is 11.6 Å². The third-order valence-corrected chi connectivity index (χ3v) is 3.03. The van der Waals surface area contributed by atoms with Crippen LogP contribution < -0.4 is 5.32 Å². The van der Waals surface area contributed by atoms with Crippen LogP contribution in [0.15, 0.2) is 24.5 Å². The molecule has 0 aliphatic heterocycles. The maximum absolute atomic E-state index is 12.7. The smallest absolute Gasteiger partial charge is 0.378 e. The van der Waals surface area contributed by atoms with E-state index in [0.29, 0.717) is 12.6 Å². The predicted molar refractivity (Wildman–Crippen MR) is 71.6 cm³/mol. The molecule has 1 aromatic heterocycles. The van der Waals surface area contributed by atoms with Gasteiger partial charge < -0.3 is 5.32 Å². The zero-order chi connectivity index (χ0) is 16.3. The highest BCUT2D eigenvalue weighted by Crippen LogP contribution is 2.40. The third-order valence-electron chi connectivity index (χ3n) is 2.72. The molecule has 2 rings (SSSR count). The molecule has 0 atom stereocenters. The lowest BCUT2D eigenvalue weighted by Gasteiger charge is -2.12. The van der Waals surface area contributed by atoms with Gasteiger partial charge >= 0.3 is 6.18 Å². The molecule has 0 unspecified atom stereocenters. The number of alkyl halides is 3. The van der Waals surface area contributed by atoms with Gasteiger partial charge in [0, 0.05) is 18.8 Å². The van der Waals surface area contributed by atoms with Crippen molar-refractivity contribution in [1.82, 2.24) is 15.0 Å². The van der Waals surface area contributed by atoms with E-state index in [1.54, 1.807) is 6.20 Å². The van der Waals surface area contributed by atoms with Gasteiger partial charge in [-0.3, -0.25) is 14.8 Å². The minimum absolute atomic E-state index is 0.0943. The van der Waals surface area contributed by atoms with E-state index >= 15 is 0 Å². The lowest BCUT2D eigenvalue weighted by atomic mass is 10.1. The number of nitro benzene ring substituents is 1. The highest BCUT2D eigenvalue weighted by molar-refractivity contribution is 6.31.